The summed E-state index contributed by atoms with van der Waals surface area (Å²) in [6.07, 6.45) is 6.81. The molecule has 7 nitrogen and oxygen atoms in total. The van der Waals surface area contributed by atoms with Crippen LogP contribution in [-0.4, -0.2) is 37.5 Å². The summed E-state index contributed by atoms with van der Waals surface area (Å²) in [5.41, 5.74) is -0.414. The lowest BCUT2D eigenvalue weighted by Gasteiger charge is -2.19. The number of hydrogen-bond donors (Lipinski definition) is 5. The molecule has 0 aliphatic rings. The quantitative estimate of drug-likeness (QED) is 0.198. The Morgan fingerprint density at radius 2 is 1.00 bits per heavy atom. The van der Waals surface area contributed by atoms with E-state index in [9.17, 15) is 30.0 Å². The molecular weight excluding hydrogens is 400 g/mol. The van der Waals surface area contributed by atoms with Crippen molar-refractivity contribution in [2.45, 2.75) is 91.9 Å². The number of carbonyl (C=O) groups is 2. The summed E-state index contributed by atoms with van der Waals surface area (Å²) in [6, 6.07) is 1.71. The first-order valence-electron chi connectivity index (χ1n) is 11.0. The van der Waals surface area contributed by atoms with E-state index in [0.717, 1.165) is 25.7 Å². The smallest absolute Gasteiger partial charge is 0.309 e. The Labute approximate surface area is 184 Å². The van der Waals surface area contributed by atoms with Crippen LogP contribution < -0.4 is 0 Å². The van der Waals surface area contributed by atoms with Gasteiger partial charge in [0.25, 0.3) is 0 Å². The number of phenols is 3. The second-order valence-corrected chi connectivity index (χ2v) is 9.74. The van der Waals surface area contributed by atoms with Gasteiger partial charge in [-0.15, -0.1) is 0 Å². The summed E-state index contributed by atoms with van der Waals surface area (Å²) < 4.78 is 0. The normalized spacial score (nSPS) is 12.1. The van der Waals surface area contributed by atoms with Crippen molar-refractivity contribution in [2.24, 2.45) is 10.8 Å². The number of carboxylic acids is 2. The molecule has 31 heavy (non-hydrogen) atoms. The molecule has 1 aromatic carbocycles. The monoisotopic (exact) mass is 438 g/mol. The zero-order chi connectivity index (χ0) is 23.8. The first-order chi connectivity index (χ1) is 14.3. The molecule has 0 heterocycles. The average Bonchev–Trinajstić information content (AvgIpc) is 2.68. The molecule has 0 saturated heterocycles. The third-order valence-corrected chi connectivity index (χ3v) is 6.06. The summed E-state index contributed by atoms with van der Waals surface area (Å²) in [5.74, 6) is -2.78. The number of aromatic hydroxyl groups is 3. The van der Waals surface area contributed by atoms with Crippen molar-refractivity contribution in [3.8, 4) is 17.2 Å². The van der Waals surface area contributed by atoms with Crippen molar-refractivity contribution in [2.75, 3.05) is 0 Å². The molecule has 0 spiro atoms. The van der Waals surface area contributed by atoms with E-state index in [0.29, 0.717) is 49.7 Å². The van der Waals surface area contributed by atoms with Gasteiger partial charge in [0.1, 0.15) is 0 Å². The van der Waals surface area contributed by atoms with Crippen molar-refractivity contribution in [3.63, 3.8) is 0 Å². The highest BCUT2D eigenvalue weighted by atomic mass is 16.4. The summed E-state index contributed by atoms with van der Waals surface area (Å²) >= 11 is 0. The highest BCUT2D eigenvalue weighted by Gasteiger charge is 2.27. The fraction of sp³-hybridized carbons (Fsp3) is 0.667. The van der Waals surface area contributed by atoms with Crippen LogP contribution in [0.5, 0.6) is 17.2 Å². The molecule has 0 aliphatic heterocycles. The van der Waals surface area contributed by atoms with Gasteiger partial charge in [0.05, 0.1) is 10.8 Å². The van der Waals surface area contributed by atoms with E-state index >= 15 is 0 Å². The lowest BCUT2D eigenvalue weighted by atomic mass is 9.86. The molecule has 0 unspecified atom stereocenters. The van der Waals surface area contributed by atoms with Crippen LogP contribution in [0.4, 0.5) is 0 Å². The third-order valence-electron chi connectivity index (χ3n) is 6.06. The highest BCUT2D eigenvalue weighted by Crippen LogP contribution is 2.41. The Kier molecular flexibility index (Phi) is 9.66. The SMILES string of the molecule is CC(C)(CCCCCCc1cc(CCCCC(C)(C)C(=O)O)c(O)c(O)c1O)C(=O)O. The molecule has 0 aliphatic carbocycles. The fourth-order valence-electron chi connectivity index (χ4n) is 3.48. The molecule has 0 atom stereocenters. The molecule has 0 amide bonds. The number of phenolic OH excluding ortho intramolecular Hbond substituents is 3. The molecule has 0 radical (unpaired) electrons. The molecule has 5 N–H and O–H groups in total. The number of hydrogen-bond acceptors (Lipinski definition) is 5. The molecule has 0 fully saturated rings. The molecule has 1 aromatic rings. The highest BCUT2D eigenvalue weighted by molar-refractivity contribution is 5.73. The summed E-state index contributed by atoms with van der Waals surface area (Å²) in [5, 5.41) is 48.7. The zero-order valence-corrected chi connectivity index (χ0v) is 19.2. The number of carboxylic acid groups (broad SMARTS) is 2. The van der Waals surface area contributed by atoms with Gasteiger partial charge in [-0.05, 0) is 83.4 Å². The Balaban J connectivity index is 2.58. The van der Waals surface area contributed by atoms with Crippen molar-refractivity contribution in [1.29, 1.82) is 0 Å². The first kappa shape index (κ1) is 26.6. The van der Waals surface area contributed by atoms with Crippen LogP contribution in [0.25, 0.3) is 0 Å². The minimum atomic E-state index is -0.841. The van der Waals surface area contributed by atoms with Crippen LogP contribution in [0.2, 0.25) is 0 Å². The maximum absolute atomic E-state index is 11.2. The topological polar surface area (TPSA) is 135 Å². The van der Waals surface area contributed by atoms with Gasteiger partial charge in [-0.25, -0.2) is 0 Å². The van der Waals surface area contributed by atoms with E-state index in [1.165, 1.54) is 0 Å². The third kappa shape index (κ3) is 7.96. The van der Waals surface area contributed by atoms with Gasteiger partial charge < -0.3 is 25.5 Å². The van der Waals surface area contributed by atoms with Crippen LogP contribution in [0, 0.1) is 10.8 Å². The van der Waals surface area contributed by atoms with Crippen molar-refractivity contribution < 1.29 is 35.1 Å². The predicted molar refractivity (Wildman–Crippen MR) is 119 cm³/mol. The number of aliphatic carboxylic acids is 2. The van der Waals surface area contributed by atoms with E-state index in [2.05, 4.69) is 0 Å². The number of benzene rings is 1. The minimum Gasteiger partial charge on any atom is -0.504 e. The second-order valence-electron chi connectivity index (χ2n) is 9.74. The van der Waals surface area contributed by atoms with Crippen molar-refractivity contribution >= 4 is 11.9 Å². The van der Waals surface area contributed by atoms with E-state index in [-0.39, 0.29) is 11.5 Å². The zero-order valence-electron chi connectivity index (χ0n) is 19.2. The van der Waals surface area contributed by atoms with Gasteiger partial charge >= 0.3 is 11.9 Å². The van der Waals surface area contributed by atoms with Crippen LogP contribution in [0.3, 0.4) is 0 Å². The molecular formula is C24H38O7. The second kappa shape index (κ2) is 11.3. The summed E-state index contributed by atoms with van der Waals surface area (Å²) in [6.45, 7) is 6.80. The Morgan fingerprint density at radius 3 is 1.42 bits per heavy atom. The first-order valence-corrected chi connectivity index (χ1v) is 11.0. The van der Waals surface area contributed by atoms with Crippen LogP contribution in [0.1, 0.15) is 90.2 Å². The summed E-state index contributed by atoms with van der Waals surface area (Å²) in [4.78, 5) is 22.3. The van der Waals surface area contributed by atoms with Gasteiger partial charge in [0, 0.05) is 0 Å². The lowest BCUT2D eigenvalue weighted by Crippen LogP contribution is -2.23. The lowest BCUT2D eigenvalue weighted by molar-refractivity contribution is -0.148. The maximum Gasteiger partial charge on any atom is 0.309 e. The molecule has 0 saturated carbocycles. The fourth-order valence-corrected chi connectivity index (χ4v) is 3.48. The van der Waals surface area contributed by atoms with E-state index in [1.807, 2.05) is 0 Å². The van der Waals surface area contributed by atoms with Gasteiger partial charge in [0.2, 0.25) is 5.75 Å². The van der Waals surface area contributed by atoms with Crippen LogP contribution in [-0.2, 0) is 22.4 Å². The Bertz CT molecular complexity index is 766. The molecule has 0 bridgehead atoms. The van der Waals surface area contributed by atoms with Gasteiger partial charge in [-0.3, -0.25) is 9.59 Å². The van der Waals surface area contributed by atoms with Gasteiger partial charge in [-0.2, -0.15) is 0 Å². The Hall–Kier alpha value is -2.44. The van der Waals surface area contributed by atoms with Crippen molar-refractivity contribution in [3.05, 3.63) is 17.2 Å². The number of aryl methyl sites for hydroxylation is 2. The van der Waals surface area contributed by atoms with Crippen LogP contribution >= 0.6 is 0 Å². The van der Waals surface area contributed by atoms with Gasteiger partial charge in [0.15, 0.2) is 11.5 Å². The van der Waals surface area contributed by atoms with E-state index in [1.54, 1.807) is 33.8 Å². The minimum absolute atomic E-state index is 0.305. The van der Waals surface area contributed by atoms with E-state index < -0.39 is 28.5 Å². The number of unbranched alkanes of at least 4 members (excludes halogenated alkanes) is 4. The average molecular weight is 439 g/mol. The van der Waals surface area contributed by atoms with E-state index in [4.69, 9.17) is 5.11 Å². The maximum atomic E-state index is 11.2. The van der Waals surface area contributed by atoms with Crippen LogP contribution in [0.15, 0.2) is 6.07 Å². The van der Waals surface area contributed by atoms with Crippen molar-refractivity contribution in [1.82, 2.24) is 0 Å². The predicted octanol–water partition coefficient (Wildman–Crippen LogP) is 5.23. The van der Waals surface area contributed by atoms with Gasteiger partial charge in [-0.1, -0.05) is 25.7 Å². The molecule has 7 heteroatoms. The number of rotatable bonds is 14. The Morgan fingerprint density at radius 1 is 0.645 bits per heavy atom. The summed E-state index contributed by atoms with van der Waals surface area (Å²) in [7, 11) is 0. The molecule has 1 rings (SSSR count). The molecule has 176 valence electrons. The largest absolute Gasteiger partial charge is 0.504 e. The molecule has 0 aromatic heterocycles. The standard InChI is InChI=1S/C24H38O7/c1-23(2,21(28)29)13-9-6-5-7-11-16-15-17(19(26)20(27)18(16)25)12-8-10-14-24(3,4)22(30)31/h15,25-27H,5-14H2,1-4H3,(H,28,29)(H,30,31).